The zero-order valence-electron chi connectivity index (χ0n) is 12.9. The van der Waals surface area contributed by atoms with Gasteiger partial charge in [0, 0.05) is 12.2 Å². The number of nitrogens with two attached hydrogens (primary N) is 1. The van der Waals surface area contributed by atoms with Crippen molar-refractivity contribution in [1.29, 1.82) is 0 Å². The molecule has 0 saturated heterocycles. The van der Waals surface area contributed by atoms with Gasteiger partial charge in [-0.15, -0.1) is 0 Å². The van der Waals surface area contributed by atoms with E-state index in [9.17, 15) is 0 Å². The van der Waals surface area contributed by atoms with Crippen LogP contribution in [-0.4, -0.2) is 21.0 Å². The Morgan fingerprint density at radius 2 is 1.74 bits per heavy atom. The van der Waals surface area contributed by atoms with Gasteiger partial charge in [-0.3, -0.25) is 0 Å². The summed E-state index contributed by atoms with van der Waals surface area (Å²) in [4.78, 5) is 12.7. The Hall–Kier alpha value is -2.08. The molecule has 0 spiro atoms. The Morgan fingerprint density at radius 1 is 1.00 bits per heavy atom. The van der Waals surface area contributed by atoms with E-state index in [0.29, 0.717) is 34.2 Å². The van der Waals surface area contributed by atoms with Crippen LogP contribution in [0.2, 0.25) is 5.02 Å². The predicted molar refractivity (Wildman–Crippen MR) is 94.1 cm³/mol. The summed E-state index contributed by atoms with van der Waals surface area (Å²) >= 11 is 5.84. The predicted octanol–water partition coefficient (Wildman–Crippen LogP) is 3.99. The van der Waals surface area contributed by atoms with Crippen LogP contribution in [-0.2, 0) is 0 Å². The molecule has 0 amide bonds. The maximum absolute atomic E-state index is 6.21. The van der Waals surface area contributed by atoms with Gasteiger partial charge < -0.3 is 16.4 Å². The Labute approximate surface area is 140 Å². The summed E-state index contributed by atoms with van der Waals surface area (Å²) in [6.07, 6.45) is 10.5. The van der Waals surface area contributed by atoms with Gasteiger partial charge in [0.1, 0.15) is 17.8 Å². The third-order valence-corrected chi connectivity index (χ3v) is 4.28. The Kier molecular flexibility index (Phi) is 5.12. The van der Waals surface area contributed by atoms with Crippen LogP contribution in [0.5, 0.6) is 0 Å². The maximum Gasteiger partial charge on any atom is 0.160 e. The molecule has 2 aromatic heterocycles. The van der Waals surface area contributed by atoms with Gasteiger partial charge in [-0.1, -0.05) is 37.3 Å². The molecule has 7 heteroatoms. The number of pyridine rings is 1. The molecule has 0 atom stereocenters. The monoisotopic (exact) mass is 332 g/mol. The van der Waals surface area contributed by atoms with Crippen molar-refractivity contribution < 1.29 is 0 Å². The Bertz CT molecular complexity index is 638. The van der Waals surface area contributed by atoms with Crippen molar-refractivity contribution in [2.45, 2.75) is 44.6 Å². The van der Waals surface area contributed by atoms with Crippen LogP contribution in [0.1, 0.15) is 38.5 Å². The molecule has 122 valence electrons. The Balaban J connectivity index is 1.73. The maximum atomic E-state index is 6.21. The number of anilines is 4. The van der Waals surface area contributed by atoms with Crippen molar-refractivity contribution in [3.05, 3.63) is 29.7 Å². The topological polar surface area (TPSA) is 88.8 Å². The first-order valence-electron chi connectivity index (χ1n) is 7.98. The highest BCUT2D eigenvalue weighted by Crippen LogP contribution is 2.28. The lowest BCUT2D eigenvalue weighted by atomic mass is 10.1. The van der Waals surface area contributed by atoms with E-state index in [1.54, 1.807) is 18.3 Å². The summed E-state index contributed by atoms with van der Waals surface area (Å²) in [7, 11) is 0. The van der Waals surface area contributed by atoms with E-state index < -0.39 is 0 Å². The molecule has 3 rings (SSSR count). The number of halogens is 1. The van der Waals surface area contributed by atoms with E-state index in [1.807, 2.05) is 0 Å². The zero-order chi connectivity index (χ0) is 16.1. The Morgan fingerprint density at radius 3 is 2.43 bits per heavy atom. The zero-order valence-corrected chi connectivity index (χ0v) is 13.7. The summed E-state index contributed by atoms with van der Waals surface area (Å²) in [5.74, 6) is 1.87. The summed E-state index contributed by atoms with van der Waals surface area (Å²) in [6, 6.07) is 3.97. The van der Waals surface area contributed by atoms with Crippen LogP contribution in [0.4, 0.5) is 23.1 Å². The van der Waals surface area contributed by atoms with Crippen molar-refractivity contribution in [1.82, 2.24) is 15.0 Å². The highest BCUT2D eigenvalue weighted by Gasteiger charge is 2.15. The van der Waals surface area contributed by atoms with Gasteiger partial charge in [0.25, 0.3) is 0 Å². The SMILES string of the molecule is Nc1c(Nc2ccc(Cl)cn2)ncnc1NC1CCCCCC1. The van der Waals surface area contributed by atoms with Crippen molar-refractivity contribution in [3.8, 4) is 0 Å². The van der Waals surface area contributed by atoms with Gasteiger partial charge in [-0.05, 0) is 25.0 Å². The molecule has 23 heavy (non-hydrogen) atoms. The van der Waals surface area contributed by atoms with E-state index in [1.165, 1.54) is 32.0 Å². The molecular weight excluding hydrogens is 312 g/mol. The molecule has 1 aliphatic rings. The number of hydrogen-bond acceptors (Lipinski definition) is 6. The molecule has 1 fully saturated rings. The third-order valence-electron chi connectivity index (χ3n) is 4.05. The fraction of sp³-hybridized carbons (Fsp3) is 0.438. The van der Waals surface area contributed by atoms with Crippen LogP contribution < -0.4 is 16.4 Å². The van der Waals surface area contributed by atoms with Crippen molar-refractivity contribution in [2.75, 3.05) is 16.4 Å². The van der Waals surface area contributed by atoms with Crippen molar-refractivity contribution in [3.63, 3.8) is 0 Å². The molecule has 4 N–H and O–H groups in total. The van der Waals surface area contributed by atoms with Crippen LogP contribution in [0.15, 0.2) is 24.7 Å². The number of rotatable bonds is 4. The van der Waals surface area contributed by atoms with E-state index in [-0.39, 0.29) is 0 Å². The number of nitrogens with one attached hydrogen (secondary N) is 2. The van der Waals surface area contributed by atoms with Gasteiger partial charge in [0.15, 0.2) is 11.6 Å². The molecule has 1 aliphatic carbocycles. The fourth-order valence-corrected chi connectivity index (χ4v) is 2.91. The molecule has 2 heterocycles. The molecule has 0 aromatic carbocycles. The van der Waals surface area contributed by atoms with E-state index >= 15 is 0 Å². The summed E-state index contributed by atoms with van der Waals surface area (Å²) < 4.78 is 0. The molecule has 0 bridgehead atoms. The lowest BCUT2D eigenvalue weighted by Crippen LogP contribution is -2.20. The van der Waals surface area contributed by atoms with Crippen molar-refractivity contribution >= 4 is 34.7 Å². The molecule has 6 nitrogen and oxygen atoms in total. The van der Waals surface area contributed by atoms with E-state index in [2.05, 4.69) is 25.6 Å². The first-order chi connectivity index (χ1) is 11.2. The van der Waals surface area contributed by atoms with Crippen LogP contribution in [0, 0.1) is 0 Å². The average Bonchev–Trinajstić information content (AvgIpc) is 2.82. The van der Waals surface area contributed by atoms with Crippen molar-refractivity contribution in [2.24, 2.45) is 0 Å². The van der Waals surface area contributed by atoms with Gasteiger partial charge in [0.05, 0.1) is 5.02 Å². The first-order valence-corrected chi connectivity index (χ1v) is 8.36. The summed E-state index contributed by atoms with van der Waals surface area (Å²) in [6.45, 7) is 0. The molecular formula is C16H21ClN6. The second-order valence-corrected chi connectivity index (χ2v) is 6.24. The van der Waals surface area contributed by atoms with Gasteiger partial charge in [0.2, 0.25) is 0 Å². The number of nitrogens with zero attached hydrogens (tertiary/aromatic N) is 3. The summed E-state index contributed by atoms with van der Waals surface area (Å²) in [5, 5.41) is 7.16. The normalized spacial score (nSPS) is 15.9. The van der Waals surface area contributed by atoms with Crippen LogP contribution >= 0.6 is 11.6 Å². The standard InChI is InChI=1S/C16H21ClN6/c17-11-7-8-13(19-9-11)23-16-14(18)15(20-10-21-16)22-12-5-3-1-2-4-6-12/h7-10,12H,1-6,18H2,(H2,19,20,21,22,23). The molecule has 0 aliphatic heterocycles. The highest BCUT2D eigenvalue weighted by atomic mass is 35.5. The van der Waals surface area contributed by atoms with Crippen LogP contribution in [0.3, 0.4) is 0 Å². The minimum atomic E-state index is 0.427. The molecule has 0 unspecified atom stereocenters. The third kappa shape index (κ3) is 4.22. The van der Waals surface area contributed by atoms with Gasteiger partial charge >= 0.3 is 0 Å². The van der Waals surface area contributed by atoms with E-state index in [4.69, 9.17) is 17.3 Å². The molecule has 0 radical (unpaired) electrons. The lowest BCUT2D eigenvalue weighted by Gasteiger charge is -2.19. The van der Waals surface area contributed by atoms with E-state index in [0.717, 1.165) is 12.8 Å². The minimum absolute atomic E-state index is 0.427. The fourth-order valence-electron chi connectivity index (χ4n) is 2.80. The van der Waals surface area contributed by atoms with Gasteiger partial charge in [-0.25, -0.2) is 15.0 Å². The average molecular weight is 333 g/mol. The summed E-state index contributed by atoms with van der Waals surface area (Å²) in [5.41, 5.74) is 6.72. The van der Waals surface area contributed by atoms with Crippen LogP contribution in [0.25, 0.3) is 0 Å². The first kappa shape index (κ1) is 15.8. The smallest absolute Gasteiger partial charge is 0.160 e. The largest absolute Gasteiger partial charge is 0.393 e. The second kappa shape index (κ2) is 7.46. The number of hydrogen-bond donors (Lipinski definition) is 3. The minimum Gasteiger partial charge on any atom is -0.393 e. The molecule has 2 aromatic rings. The lowest BCUT2D eigenvalue weighted by molar-refractivity contribution is 0.618. The second-order valence-electron chi connectivity index (χ2n) is 5.80. The highest BCUT2D eigenvalue weighted by molar-refractivity contribution is 6.30. The van der Waals surface area contributed by atoms with Gasteiger partial charge in [-0.2, -0.15) is 0 Å². The molecule has 1 saturated carbocycles. The number of nitrogen functional groups attached to an aromatic ring is 1. The quantitative estimate of drug-likeness (QED) is 0.734. The number of aromatic nitrogens is 3.